The molecule has 0 amide bonds. The van der Waals surface area contributed by atoms with Crippen LogP contribution in [0.5, 0.6) is 11.5 Å². The van der Waals surface area contributed by atoms with Crippen molar-refractivity contribution in [3.63, 3.8) is 0 Å². The molecule has 0 bridgehead atoms. The molecule has 10 nitrogen and oxygen atoms in total. The first-order valence-corrected chi connectivity index (χ1v) is 13.2. The van der Waals surface area contributed by atoms with Crippen molar-refractivity contribution in [3.05, 3.63) is 79.8 Å². The Hall–Kier alpha value is -5.00. The molecule has 0 radical (unpaired) electrons. The molecule has 4 aromatic rings. The molecule has 2 heterocycles. The number of nitrogen functional groups attached to an aromatic ring is 2. The summed E-state index contributed by atoms with van der Waals surface area (Å²) in [4.78, 5) is 32.5. The van der Waals surface area contributed by atoms with Gasteiger partial charge in [-0.15, -0.1) is 0 Å². The van der Waals surface area contributed by atoms with Crippen molar-refractivity contribution in [2.45, 2.75) is 38.6 Å². The molecule has 218 valence electrons. The van der Waals surface area contributed by atoms with Crippen molar-refractivity contribution < 1.29 is 28.2 Å². The molecule has 5 N–H and O–H groups in total. The maximum absolute atomic E-state index is 16.0. The number of carboxylic acid groups (broad SMARTS) is 1. The molecule has 2 aromatic heterocycles. The van der Waals surface area contributed by atoms with E-state index in [4.69, 9.17) is 20.9 Å². The van der Waals surface area contributed by atoms with Gasteiger partial charge in [0.1, 0.15) is 17.2 Å². The zero-order chi connectivity index (χ0) is 30.3. The Bertz CT molecular complexity index is 1830. The number of rotatable bonds is 9. The van der Waals surface area contributed by atoms with E-state index in [9.17, 15) is 14.7 Å². The van der Waals surface area contributed by atoms with Crippen molar-refractivity contribution >= 4 is 40.8 Å². The van der Waals surface area contributed by atoms with Gasteiger partial charge >= 0.3 is 5.97 Å². The topological polar surface area (TPSA) is 156 Å². The SMILES string of the molecule is CCc1c(Cc2cnc(N)nc2N)cc(/C=C\c2c(F)cc3c(=O)c(C(=O)O)cn(C4CC4)c3c2F)c(OC)c1OC. The number of nitrogens with zero attached hydrogens (tertiary/aromatic N) is 3. The Balaban J connectivity index is 1.67. The number of methoxy groups -OCH3 is 2. The number of aromatic nitrogens is 3. The van der Waals surface area contributed by atoms with Gasteiger partial charge < -0.3 is 30.6 Å². The molecular formula is C30H29F2N5O5. The van der Waals surface area contributed by atoms with Gasteiger partial charge in [0.2, 0.25) is 11.4 Å². The average Bonchev–Trinajstić information content (AvgIpc) is 3.79. The van der Waals surface area contributed by atoms with Gasteiger partial charge in [0.25, 0.3) is 0 Å². The molecular weight excluding hydrogens is 548 g/mol. The van der Waals surface area contributed by atoms with E-state index in [1.807, 2.05) is 13.0 Å². The van der Waals surface area contributed by atoms with Crippen LogP contribution in [0.25, 0.3) is 23.1 Å². The molecule has 1 fully saturated rings. The standard InChI is InChI=1S/C30H29F2N5O5/c1-4-18-15(10-16-12-35-30(34)36-28(16)33)9-14(26(41-2)27(18)42-3)5-8-19-22(31)11-20-24(23(19)32)37(17-6-7-17)13-21(25(20)38)29(39)40/h5,8-9,11-13,17H,4,6-7,10H2,1-3H3,(H,39,40)(H4,33,34,35,36)/b8-5-. The quantitative estimate of drug-likeness (QED) is 0.242. The fourth-order valence-corrected chi connectivity index (χ4v) is 5.20. The fourth-order valence-electron chi connectivity index (χ4n) is 5.20. The predicted octanol–water partition coefficient (Wildman–Crippen LogP) is 4.61. The lowest BCUT2D eigenvalue weighted by molar-refractivity contribution is 0.0694. The summed E-state index contributed by atoms with van der Waals surface area (Å²) in [5.74, 6) is -2.35. The zero-order valence-electron chi connectivity index (χ0n) is 23.2. The maximum atomic E-state index is 16.0. The lowest BCUT2D eigenvalue weighted by atomic mass is 9.94. The third kappa shape index (κ3) is 5.00. The molecule has 42 heavy (non-hydrogen) atoms. The van der Waals surface area contributed by atoms with E-state index in [-0.39, 0.29) is 28.7 Å². The van der Waals surface area contributed by atoms with Crippen LogP contribution in [0.3, 0.4) is 0 Å². The Morgan fingerprint density at radius 3 is 2.45 bits per heavy atom. The van der Waals surface area contributed by atoms with Crippen LogP contribution in [0.15, 0.2) is 29.3 Å². The first-order valence-electron chi connectivity index (χ1n) is 13.2. The summed E-state index contributed by atoms with van der Waals surface area (Å²) in [7, 11) is 2.96. The van der Waals surface area contributed by atoms with Gasteiger partial charge in [0.05, 0.1) is 25.1 Å². The van der Waals surface area contributed by atoms with Crippen LogP contribution in [0.2, 0.25) is 0 Å². The summed E-state index contributed by atoms with van der Waals surface area (Å²) < 4.78 is 44.1. The number of hydrogen-bond acceptors (Lipinski definition) is 8. The van der Waals surface area contributed by atoms with E-state index in [0.717, 1.165) is 23.4 Å². The molecule has 0 spiro atoms. The van der Waals surface area contributed by atoms with Crippen LogP contribution < -0.4 is 26.4 Å². The number of fused-ring (bicyclic) bond motifs is 1. The highest BCUT2D eigenvalue weighted by Crippen LogP contribution is 2.41. The monoisotopic (exact) mass is 577 g/mol. The van der Waals surface area contributed by atoms with E-state index in [0.29, 0.717) is 48.3 Å². The lowest BCUT2D eigenvalue weighted by Crippen LogP contribution is -2.20. The molecule has 2 aromatic carbocycles. The Labute approximate surface area is 239 Å². The highest BCUT2D eigenvalue weighted by atomic mass is 19.1. The smallest absolute Gasteiger partial charge is 0.341 e. The van der Waals surface area contributed by atoms with Crippen LogP contribution in [0, 0.1) is 11.6 Å². The maximum Gasteiger partial charge on any atom is 0.341 e. The first kappa shape index (κ1) is 28.5. The average molecular weight is 578 g/mol. The number of carbonyl (C=O) groups is 1. The highest BCUT2D eigenvalue weighted by molar-refractivity contribution is 5.94. The van der Waals surface area contributed by atoms with E-state index in [1.54, 1.807) is 6.20 Å². The van der Waals surface area contributed by atoms with Crippen LogP contribution in [-0.4, -0.2) is 39.8 Å². The second kappa shape index (κ2) is 11.1. The van der Waals surface area contributed by atoms with Gasteiger partial charge in [-0.2, -0.15) is 4.98 Å². The Morgan fingerprint density at radius 1 is 1.14 bits per heavy atom. The van der Waals surface area contributed by atoms with Crippen molar-refractivity contribution in [2.75, 3.05) is 25.7 Å². The number of benzene rings is 2. The number of carboxylic acids is 1. The van der Waals surface area contributed by atoms with Gasteiger partial charge in [-0.05, 0) is 43.0 Å². The van der Waals surface area contributed by atoms with Crippen molar-refractivity contribution in [3.8, 4) is 11.5 Å². The van der Waals surface area contributed by atoms with Gasteiger partial charge in [-0.3, -0.25) is 4.79 Å². The summed E-state index contributed by atoms with van der Waals surface area (Å²) in [6, 6.07) is 2.52. The lowest BCUT2D eigenvalue weighted by Gasteiger charge is -2.19. The number of nitrogens with two attached hydrogens (primary N) is 2. The Kier molecular flexibility index (Phi) is 7.55. The number of hydrogen-bond donors (Lipinski definition) is 3. The van der Waals surface area contributed by atoms with Crippen LogP contribution in [0.4, 0.5) is 20.5 Å². The second-order valence-electron chi connectivity index (χ2n) is 9.97. The van der Waals surface area contributed by atoms with Crippen LogP contribution in [-0.2, 0) is 12.8 Å². The molecule has 0 saturated heterocycles. The molecule has 12 heteroatoms. The van der Waals surface area contributed by atoms with Crippen molar-refractivity contribution in [1.29, 1.82) is 0 Å². The fraction of sp³-hybridized carbons (Fsp3) is 0.267. The molecule has 0 unspecified atom stereocenters. The first-order chi connectivity index (χ1) is 20.1. The van der Waals surface area contributed by atoms with E-state index >= 15 is 8.78 Å². The van der Waals surface area contributed by atoms with Crippen LogP contribution in [0.1, 0.15) is 64.0 Å². The van der Waals surface area contributed by atoms with Crippen LogP contribution >= 0.6 is 0 Å². The summed E-state index contributed by atoms with van der Waals surface area (Å²) in [5, 5.41) is 9.15. The number of halogens is 2. The van der Waals surface area contributed by atoms with Gasteiger partial charge in [-0.25, -0.2) is 18.6 Å². The largest absolute Gasteiger partial charge is 0.493 e. The zero-order valence-corrected chi connectivity index (χ0v) is 23.2. The second-order valence-corrected chi connectivity index (χ2v) is 9.97. The van der Waals surface area contributed by atoms with Crippen molar-refractivity contribution in [1.82, 2.24) is 14.5 Å². The number of pyridine rings is 1. The van der Waals surface area contributed by atoms with E-state index in [1.165, 1.54) is 30.9 Å². The van der Waals surface area contributed by atoms with Gasteiger partial charge in [0, 0.05) is 47.1 Å². The summed E-state index contributed by atoms with van der Waals surface area (Å²) in [6.07, 6.45) is 7.70. The minimum absolute atomic E-state index is 0.0497. The molecule has 0 atom stereocenters. The van der Waals surface area contributed by atoms with Gasteiger partial charge in [-0.1, -0.05) is 13.0 Å². The highest BCUT2D eigenvalue weighted by Gasteiger charge is 2.29. The molecule has 1 aliphatic carbocycles. The summed E-state index contributed by atoms with van der Waals surface area (Å²) in [5.41, 5.74) is 12.4. The van der Waals surface area contributed by atoms with Crippen molar-refractivity contribution in [2.24, 2.45) is 0 Å². The molecule has 1 saturated carbocycles. The Morgan fingerprint density at radius 2 is 1.86 bits per heavy atom. The van der Waals surface area contributed by atoms with Gasteiger partial charge in [0.15, 0.2) is 17.3 Å². The molecule has 0 aliphatic heterocycles. The van der Waals surface area contributed by atoms with E-state index in [2.05, 4.69) is 9.97 Å². The third-order valence-corrected chi connectivity index (χ3v) is 7.36. The number of aromatic carboxylic acids is 1. The summed E-state index contributed by atoms with van der Waals surface area (Å²) in [6.45, 7) is 1.95. The normalized spacial score (nSPS) is 13.2. The minimum Gasteiger partial charge on any atom is -0.493 e. The predicted molar refractivity (Wildman–Crippen MR) is 155 cm³/mol. The number of anilines is 2. The molecule has 5 rings (SSSR count). The minimum atomic E-state index is -1.46. The van der Waals surface area contributed by atoms with E-state index < -0.39 is 34.2 Å². The third-order valence-electron chi connectivity index (χ3n) is 7.36. The molecule has 1 aliphatic rings. The number of ether oxygens (including phenoxy) is 2. The summed E-state index contributed by atoms with van der Waals surface area (Å²) >= 11 is 0.